The highest BCUT2D eigenvalue weighted by Gasteiger charge is 2.18. The number of benzene rings is 1. The van der Waals surface area contributed by atoms with Gasteiger partial charge in [-0.3, -0.25) is 4.79 Å². The minimum absolute atomic E-state index is 0.289. The van der Waals surface area contributed by atoms with E-state index in [0.717, 1.165) is 17.7 Å². The summed E-state index contributed by atoms with van der Waals surface area (Å²) in [6, 6.07) is 3.24. The third-order valence-electron chi connectivity index (χ3n) is 2.70. The molecule has 19 heavy (non-hydrogen) atoms. The van der Waals surface area contributed by atoms with Gasteiger partial charge < -0.3 is 11.1 Å². The van der Waals surface area contributed by atoms with Gasteiger partial charge >= 0.3 is 0 Å². The van der Waals surface area contributed by atoms with Crippen molar-refractivity contribution in [2.45, 2.75) is 13.0 Å². The molecule has 1 atom stereocenters. The van der Waals surface area contributed by atoms with Crippen LogP contribution < -0.4 is 11.1 Å². The summed E-state index contributed by atoms with van der Waals surface area (Å²) in [5.41, 5.74) is 5.43. The molecule has 0 saturated heterocycles. The molecule has 1 unspecified atom stereocenters. The van der Waals surface area contributed by atoms with E-state index in [1.807, 2.05) is 16.8 Å². The second-order valence-electron chi connectivity index (χ2n) is 4.11. The standard InChI is InChI=1S/C13H12F2N2OS/c1-7(8-2-3-19-6-8)17-13(18)10-4-9(14)5-11(16)12(10)15/h2-7H,16H2,1H3,(H,17,18). The number of hydrogen-bond acceptors (Lipinski definition) is 3. The van der Waals surface area contributed by atoms with E-state index in [0.29, 0.717) is 0 Å². The summed E-state index contributed by atoms with van der Waals surface area (Å²) in [5.74, 6) is -2.34. The summed E-state index contributed by atoms with van der Waals surface area (Å²) in [6.07, 6.45) is 0. The number of nitrogens with two attached hydrogens (primary N) is 1. The molecule has 2 aromatic rings. The second-order valence-corrected chi connectivity index (χ2v) is 4.89. The number of halogens is 2. The van der Waals surface area contributed by atoms with Crippen LogP contribution in [0.1, 0.15) is 28.9 Å². The predicted octanol–water partition coefficient (Wildman–Crippen LogP) is 3.10. The van der Waals surface area contributed by atoms with Crippen LogP contribution in [-0.2, 0) is 0 Å². The molecule has 1 aromatic heterocycles. The van der Waals surface area contributed by atoms with E-state index in [1.165, 1.54) is 11.3 Å². The van der Waals surface area contributed by atoms with Gasteiger partial charge in [-0.2, -0.15) is 11.3 Å². The van der Waals surface area contributed by atoms with Crippen LogP contribution in [-0.4, -0.2) is 5.91 Å². The van der Waals surface area contributed by atoms with Gasteiger partial charge in [-0.25, -0.2) is 8.78 Å². The molecule has 0 saturated carbocycles. The molecule has 0 bridgehead atoms. The first kappa shape index (κ1) is 13.5. The van der Waals surface area contributed by atoms with E-state index in [1.54, 1.807) is 6.92 Å². The van der Waals surface area contributed by atoms with Crippen molar-refractivity contribution >= 4 is 22.9 Å². The van der Waals surface area contributed by atoms with Crippen molar-refractivity contribution in [2.75, 3.05) is 5.73 Å². The van der Waals surface area contributed by atoms with Crippen molar-refractivity contribution in [3.05, 3.63) is 51.7 Å². The van der Waals surface area contributed by atoms with Gasteiger partial charge in [0.1, 0.15) is 5.82 Å². The monoisotopic (exact) mass is 282 g/mol. The molecule has 100 valence electrons. The lowest BCUT2D eigenvalue weighted by Gasteiger charge is -2.13. The number of carbonyl (C=O) groups excluding carboxylic acids is 1. The van der Waals surface area contributed by atoms with E-state index in [4.69, 9.17) is 5.73 Å². The summed E-state index contributed by atoms with van der Waals surface area (Å²) in [4.78, 5) is 11.9. The third-order valence-corrected chi connectivity index (χ3v) is 3.40. The highest BCUT2D eigenvalue weighted by atomic mass is 32.1. The molecule has 1 aromatic carbocycles. The molecular weight excluding hydrogens is 270 g/mol. The van der Waals surface area contributed by atoms with Gasteiger partial charge in [0.25, 0.3) is 5.91 Å². The third kappa shape index (κ3) is 2.90. The highest BCUT2D eigenvalue weighted by molar-refractivity contribution is 7.07. The fraction of sp³-hybridized carbons (Fsp3) is 0.154. The van der Waals surface area contributed by atoms with Gasteiger partial charge in [-0.1, -0.05) is 0 Å². The van der Waals surface area contributed by atoms with E-state index in [-0.39, 0.29) is 17.3 Å². The van der Waals surface area contributed by atoms with E-state index in [9.17, 15) is 13.6 Å². The number of amides is 1. The molecule has 0 fully saturated rings. The Morgan fingerprint density at radius 2 is 2.16 bits per heavy atom. The van der Waals surface area contributed by atoms with Crippen molar-refractivity contribution in [3.8, 4) is 0 Å². The van der Waals surface area contributed by atoms with Crippen LogP contribution >= 0.6 is 11.3 Å². The zero-order valence-electron chi connectivity index (χ0n) is 10.1. The van der Waals surface area contributed by atoms with Crippen molar-refractivity contribution < 1.29 is 13.6 Å². The minimum atomic E-state index is -0.906. The number of nitrogens with one attached hydrogen (secondary N) is 1. The average Bonchev–Trinajstić information content (AvgIpc) is 2.87. The fourth-order valence-corrected chi connectivity index (χ4v) is 2.41. The Morgan fingerprint density at radius 3 is 2.79 bits per heavy atom. The Balaban J connectivity index is 2.21. The zero-order chi connectivity index (χ0) is 14.0. The molecule has 1 amide bonds. The lowest BCUT2D eigenvalue weighted by Crippen LogP contribution is -2.27. The Bertz CT molecular complexity index is 599. The smallest absolute Gasteiger partial charge is 0.254 e. The largest absolute Gasteiger partial charge is 0.396 e. The second kappa shape index (κ2) is 5.36. The number of carbonyl (C=O) groups is 1. The van der Waals surface area contributed by atoms with E-state index >= 15 is 0 Å². The van der Waals surface area contributed by atoms with Crippen LogP contribution in [0.2, 0.25) is 0 Å². The normalized spacial score (nSPS) is 12.2. The maximum Gasteiger partial charge on any atom is 0.254 e. The molecule has 6 heteroatoms. The lowest BCUT2D eigenvalue weighted by atomic mass is 10.1. The van der Waals surface area contributed by atoms with Crippen LogP contribution in [0.4, 0.5) is 14.5 Å². The first-order chi connectivity index (χ1) is 8.99. The van der Waals surface area contributed by atoms with Gasteiger partial charge in [0.2, 0.25) is 0 Å². The summed E-state index contributed by atoms with van der Waals surface area (Å²) >= 11 is 1.49. The number of rotatable bonds is 3. The van der Waals surface area contributed by atoms with E-state index in [2.05, 4.69) is 5.32 Å². The van der Waals surface area contributed by atoms with Gasteiger partial charge in [0, 0.05) is 0 Å². The summed E-state index contributed by atoms with van der Waals surface area (Å²) in [5, 5.41) is 6.35. The molecule has 0 radical (unpaired) electrons. The molecule has 0 spiro atoms. The maximum absolute atomic E-state index is 13.7. The molecular formula is C13H12F2N2OS. The number of hydrogen-bond donors (Lipinski definition) is 2. The molecule has 0 aliphatic rings. The Kier molecular flexibility index (Phi) is 3.80. The van der Waals surface area contributed by atoms with Crippen molar-refractivity contribution in [2.24, 2.45) is 0 Å². The van der Waals surface area contributed by atoms with Gasteiger partial charge in [0.05, 0.1) is 17.3 Å². The molecule has 0 aliphatic carbocycles. The molecule has 0 aliphatic heterocycles. The van der Waals surface area contributed by atoms with Crippen LogP contribution in [0, 0.1) is 11.6 Å². The van der Waals surface area contributed by atoms with Crippen molar-refractivity contribution in [1.82, 2.24) is 5.32 Å². The summed E-state index contributed by atoms with van der Waals surface area (Å²) in [6.45, 7) is 1.76. The van der Waals surface area contributed by atoms with Gasteiger partial charge in [-0.15, -0.1) is 0 Å². The molecule has 3 N–H and O–H groups in total. The Morgan fingerprint density at radius 1 is 1.42 bits per heavy atom. The SMILES string of the molecule is CC(NC(=O)c1cc(F)cc(N)c1F)c1ccsc1. The maximum atomic E-state index is 13.7. The highest BCUT2D eigenvalue weighted by Crippen LogP contribution is 2.20. The topological polar surface area (TPSA) is 55.1 Å². The van der Waals surface area contributed by atoms with Crippen LogP contribution in [0.3, 0.4) is 0 Å². The summed E-state index contributed by atoms with van der Waals surface area (Å²) in [7, 11) is 0. The van der Waals surface area contributed by atoms with Crippen molar-refractivity contribution in [3.63, 3.8) is 0 Å². The first-order valence-electron chi connectivity index (χ1n) is 5.56. The number of anilines is 1. The average molecular weight is 282 g/mol. The van der Waals surface area contributed by atoms with Gasteiger partial charge in [-0.05, 0) is 41.4 Å². The first-order valence-corrected chi connectivity index (χ1v) is 6.51. The molecule has 1 heterocycles. The lowest BCUT2D eigenvalue weighted by molar-refractivity contribution is 0.0935. The Labute approximate surface area is 113 Å². The van der Waals surface area contributed by atoms with Gasteiger partial charge in [0.15, 0.2) is 5.82 Å². The van der Waals surface area contributed by atoms with Crippen LogP contribution in [0.25, 0.3) is 0 Å². The van der Waals surface area contributed by atoms with E-state index < -0.39 is 17.5 Å². The van der Waals surface area contributed by atoms with Crippen molar-refractivity contribution in [1.29, 1.82) is 0 Å². The molecule has 2 rings (SSSR count). The fourth-order valence-electron chi connectivity index (χ4n) is 1.65. The Hall–Kier alpha value is -1.95. The number of thiophene rings is 1. The number of nitrogen functional groups attached to an aromatic ring is 1. The summed E-state index contributed by atoms with van der Waals surface area (Å²) < 4.78 is 26.8. The predicted molar refractivity (Wildman–Crippen MR) is 71.0 cm³/mol. The van der Waals surface area contributed by atoms with Crippen LogP contribution in [0.5, 0.6) is 0 Å². The minimum Gasteiger partial charge on any atom is -0.396 e. The van der Waals surface area contributed by atoms with Crippen LogP contribution in [0.15, 0.2) is 29.0 Å². The zero-order valence-corrected chi connectivity index (χ0v) is 10.9. The molecule has 3 nitrogen and oxygen atoms in total. The quantitative estimate of drug-likeness (QED) is 0.850.